The predicted molar refractivity (Wildman–Crippen MR) is 115 cm³/mol. The molecule has 3 N–H and O–H groups in total. The number of nitrogen functional groups attached to an aromatic ring is 1. The Morgan fingerprint density at radius 1 is 1.23 bits per heavy atom. The number of halogens is 2. The summed E-state index contributed by atoms with van der Waals surface area (Å²) in [5.74, 6) is 0.703. The predicted octanol–water partition coefficient (Wildman–Crippen LogP) is 2.45. The van der Waals surface area contributed by atoms with Crippen molar-refractivity contribution in [2.75, 3.05) is 11.1 Å². The maximum Gasteiger partial charge on any atom is 0.248 e. The summed E-state index contributed by atoms with van der Waals surface area (Å²) in [5.41, 5.74) is 6.38. The van der Waals surface area contributed by atoms with Gasteiger partial charge in [0.1, 0.15) is 34.5 Å². The summed E-state index contributed by atoms with van der Waals surface area (Å²) >= 11 is 9.22. The van der Waals surface area contributed by atoms with Gasteiger partial charge in [0.05, 0.1) is 5.39 Å². The third-order valence-electron chi connectivity index (χ3n) is 5.59. The number of amides is 2. The number of hydrogen-bond acceptors (Lipinski definition) is 6. The molecule has 3 aromatic heterocycles. The van der Waals surface area contributed by atoms with Crippen LogP contribution < -0.4 is 11.1 Å². The van der Waals surface area contributed by atoms with Crippen LogP contribution in [0, 0.1) is 5.92 Å². The first-order valence-corrected chi connectivity index (χ1v) is 10.6. The zero-order chi connectivity index (χ0) is 21.0. The maximum absolute atomic E-state index is 13.2. The summed E-state index contributed by atoms with van der Waals surface area (Å²) in [6.45, 7) is 0.0401. The lowest BCUT2D eigenvalue weighted by Crippen LogP contribution is -2.46. The zero-order valence-electron chi connectivity index (χ0n) is 15.6. The van der Waals surface area contributed by atoms with Gasteiger partial charge in [-0.15, -0.1) is 0 Å². The molecule has 0 radical (unpaired) electrons. The molecule has 1 saturated heterocycles. The molecule has 1 aliphatic carbocycles. The number of nitrogens with two attached hydrogens (primary N) is 1. The van der Waals surface area contributed by atoms with Gasteiger partial charge in [0, 0.05) is 12.2 Å². The lowest BCUT2D eigenvalue weighted by atomic mass is 10.1. The van der Waals surface area contributed by atoms with E-state index in [0.717, 1.165) is 6.42 Å². The molecule has 9 nitrogen and oxygen atoms in total. The summed E-state index contributed by atoms with van der Waals surface area (Å²) in [5, 5.41) is 3.47. The van der Waals surface area contributed by atoms with Crippen LogP contribution in [0.1, 0.15) is 12.8 Å². The molecule has 30 heavy (non-hydrogen) atoms. The van der Waals surface area contributed by atoms with Crippen molar-refractivity contribution in [1.29, 1.82) is 0 Å². The van der Waals surface area contributed by atoms with Crippen molar-refractivity contribution in [2.24, 2.45) is 5.92 Å². The van der Waals surface area contributed by atoms with Crippen LogP contribution in [0.4, 0.5) is 11.6 Å². The van der Waals surface area contributed by atoms with Gasteiger partial charge >= 0.3 is 0 Å². The highest BCUT2D eigenvalue weighted by Crippen LogP contribution is 2.48. The SMILES string of the molecule is Nc1nc(Cl)nc2c1ccn2CC(=O)N1[C@@H]2C[C@@H]2C[C@H]1C(=O)Nc1cccc(Br)n1. The molecule has 1 aliphatic heterocycles. The normalized spacial score (nSPS) is 22.2. The van der Waals surface area contributed by atoms with Crippen molar-refractivity contribution in [3.63, 3.8) is 0 Å². The average molecular weight is 491 g/mol. The molecule has 1 saturated carbocycles. The standard InChI is InChI=1S/C19H17BrClN7O2/c20-13-2-1-3-14(23-13)24-18(30)12-7-9-6-11(9)28(12)15(29)8-27-5-4-10-16(22)25-19(21)26-17(10)27/h1-5,9,11-12H,6-8H2,(H2,22,25,26)(H,23,24,30)/t9-,11-,12+/m1/s1. The highest BCUT2D eigenvalue weighted by atomic mass is 79.9. The molecule has 5 rings (SSSR count). The van der Waals surface area contributed by atoms with Crippen LogP contribution in [-0.4, -0.2) is 48.3 Å². The van der Waals surface area contributed by atoms with E-state index >= 15 is 0 Å². The van der Waals surface area contributed by atoms with Gasteiger partial charge in [0.15, 0.2) is 0 Å². The van der Waals surface area contributed by atoms with E-state index in [1.165, 1.54) is 0 Å². The minimum Gasteiger partial charge on any atom is -0.383 e. The van der Waals surface area contributed by atoms with E-state index in [2.05, 4.69) is 36.2 Å². The number of piperidine rings is 1. The number of pyridine rings is 1. The van der Waals surface area contributed by atoms with E-state index in [1.807, 2.05) is 0 Å². The van der Waals surface area contributed by atoms with Crippen molar-refractivity contribution < 1.29 is 9.59 Å². The molecule has 11 heteroatoms. The quantitative estimate of drug-likeness (QED) is 0.428. The Hall–Kier alpha value is -2.72. The van der Waals surface area contributed by atoms with Crippen LogP contribution in [0.2, 0.25) is 5.28 Å². The number of nitrogens with one attached hydrogen (secondary N) is 1. The fraction of sp³-hybridized carbons (Fsp3) is 0.316. The molecule has 154 valence electrons. The Balaban J connectivity index is 1.36. The van der Waals surface area contributed by atoms with E-state index in [0.29, 0.717) is 33.8 Å². The third kappa shape index (κ3) is 3.39. The minimum atomic E-state index is -0.521. The van der Waals surface area contributed by atoms with Gasteiger partial charge in [-0.2, -0.15) is 4.98 Å². The summed E-state index contributed by atoms with van der Waals surface area (Å²) in [7, 11) is 0. The van der Waals surface area contributed by atoms with Gasteiger partial charge < -0.3 is 20.5 Å². The van der Waals surface area contributed by atoms with E-state index in [-0.39, 0.29) is 35.5 Å². The maximum atomic E-state index is 13.2. The summed E-state index contributed by atoms with van der Waals surface area (Å²) in [6, 6.07) is 6.62. The van der Waals surface area contributed by atoms with Gasteiger partial charge in [-0.1, -0.05) is 6.07 Å². The number of rotatable bonds is 4. The van der Waals surface area contributed by atoms with Gasteiger partial charge in [0.25, 0.3) is 0 Å². The second-order valence-corrected chi connectivity index (χ2v) is 8.66. The Morgan fingerprint density at radius 2 is 2.07 bits per heavy atom. The highest BCUT2D eigenvalue weighted by Gasteiger charge is 2.56. The molecular formula is C19H17BrClN7O2. The summed E-state index contributed by atoms with van der Waals surface area (Å²) in [6.07, 6.45) is 3.31. The molecule has 3 atom stereocenters. The smallest absolute Gasteiger partial charge is 0.248 e. The molecule has 3 aromatic rings. The second-order valence-electron chi connectivity index (χ2n) is 7.51. The van der Waals surface area contributed by atoms with Crippen LogP contribution in [0.5, 0.6) is 0 Å². The van der Waals surface area contributed by atoms with Crippen molar-refractivity contribution in [3.8, 4) is 0 Å². The van der Waals surface area contributed by atoms with Crippen LogP contribution in [-0.2, 0) is 16.1 Å². The van der Waals surface area contributed by atoms with Crippen LogP contribution in [0.25, 0.3) is 11.0 Å². The van der Waals surface area contributed by atoms with Crippen LogP contribution >= 0.6 is 27.5 Å². The molecule has 0 aromatic carbocycles. The van der Waals surface area contributed by atoms with E-state index in [9.17, 15) is 9.59 Å². The molecule has 2 aliphatic rings. The molecule has 0 unspecified atom stereocenters. The Morgan fingerprint density at radius 3 is 2.87 bits per heavy atom. The van der Waals surface area contributed by atoms with Crippen molar-refractivity contribution in [1.82, 2.24) is 24.4 Å². The number of carbonyl (C=O) groups is 2. The molecule has 0 spiro atoms. The third-order valence-corrected chi connectivity index (χ3v) is 6.20. The van der Waals surface area contributed by atoms with Gasteiger partial charge in [-0.05, 0) is 64.5 Å². The van der Waals surface area contributed by atoms with Crippen LogP contribution in [0.15, 0.2) is 35.1 Å². The van der Waals surface area contributed by atoms with E-state index < -0.39 is 6.04 Å². The van der Waals surface area contributed by atoms with Crippen molar-refractivity contribution >= 4 is 62.0 Å². The fourth-order valence-corrected chi connectivity index (χ4v) is 4.67. The lowest BCUT2D eigenvalue weighted by molar-refractivity contribution is -0.138. The van der Waals surface area contributed by atoms with Gasteiger partial charge in [-0.3, -0.25) is 9.59 Å². The first kappa shape index (κ1) is 19.3. The number of nitrogens with zero attached hydrogens (tertiary/aromatic N) is 5. The largest absolute Gasteiger partial charge is 0.383 e. The van der Waals surface area contributed by atoms with Crippen molar-refractivity contribution in [3.05, 3.63) is 40.3 Å². The average Bonchev–Trinajstić information content (AvgIpc) is 3.16. The monoisotopic (exact) mass is 489 g/mol. The summed E-state index contributed by atoms with van der Waals surface area (Å²) in [4.78, 5) is 40.1. The Kier molecular flexibility index (Phi) is 4.62. The fourth-order valence-electron chi connectivity index (χ4n) is 4.15. The number of hydrogen-bond donors (Lipinski definition) is 2. The molecular weight excluding hydrogens is 474 g/mol. The molecule has 4 heterocycles. The summed E-state index contributed by atoms with van der Waals surface area (Å²) < 4.78 is 2.31. The molecule has 0 bridgehead atoms. The number of fused-ring (bicyclic) bond motifs is 2. The number of likely N-dealkylation sites (tertiary alicyclic amines) is 1. The Labute approximate surface area is 184 Å². The Bertz CT molecular complexity index is 1180. The molecule has 2 fully saturated rings. The van der Waals surface area contributed by atoms with E-state index in [1.54, 1.807) is 39.9 Å². The zero-order valence-corrected chi connectivity index (χ0v) is 18.0. The highest BCUT2D eigenvalue weighted by molar-refractivity contribution is 9.10. The van der Waals surface area contributed by atoms with Crippen LogP contribution in [0.3, 0.4) is 0 Å². The van der Waals surface area contributed by atoms with Gasteiger partial charge in [0.2, 0.25) is 17.1 Å². The first-order valence-electron chi connectivity index (χ1n) is 9.43. The van der Waals surface area contributed by atoms with Crippen molar-refractivity contribution in [2.45, 2.75) is 31.5 Å². The second kappa shape index (κ2) is 7.21. The van der Waals surface area contributed by atoms with Gasteiger partial charge in [-0.25, -0.2) is 9.97 Å². The first-order chi connectivity index (χ1) is 14.4. The molecule has 2 amide bonds. The number of aromatic nitrogens is 4. The topological polar surface area (TPSA) is 119 Å². The lowest BCUT2D eigenvalue weighted by Gasteiger charge is -2.27. The number of carbonyl (C=O) groups excluding carboxylic acids is 2. The minimum absolute atomic E-state index is 0.0228. The van der Waals surface area contributed by atoms with E-state index in [4.69, 9.17) is 17.3 Å². The number of anilines is 2.